The molecule has 0 heterocycles. The molecule has 126 valence electrons. The van der Waals surface area contributed by atoms with Crippen LogP contribution in [-0.2, 0) is 9.84 Å². The van der Waals surface area contributed by atoms with E-state index in [1.54, 1.807) is 0 Å². The molecular formula is C13H9ClN2O7S. The fourth-order valence-corrected chi connectivity index (χ4v) is 2.72. The number of benzene rings is 2. The molecule has 0 aliphatic heterocycles. The Balaban J connectivity index is 2.40. The molecule has 2 rings (SSSR count). The highest BCUT2D eigenvalue weighted by molar-refractivity contribution is 7.90. The predicted octanol–water partition coefficient (Wildman–Crippen LogP) is 3.35. The van der Waals surface area contributed by atoms with Crippen molar-refractivity contribution in [2.75, 3.05) is 6.26 Å². The highest BCUT2D eigenvalue weighted by Crippen LogP contribution is 2.35. The first-order valence-electron chi connectivity index (χ1n) is 6.20. The molecule has 0 saturated heterocycles. The van der Waals surface area contributed by atoms with Crippen LogP contribution in [-0.4, -0.2) is 24.5 Å². The third kappa shape index (κ3) is 3.78. The fraction of sp³-hybridized carbons (Fsp3) is 0.0769. The molecule has 0 atom stereocenters. The molecule has 0 aromatic heterocycles. The van der Waals surface area contributed by atoms with E-state index in [1.807, 2.05) is 0 Å². The van der Waals surface area contributed by atoms with E-state index in [9.17, 15) is 28.6 Å². The Labute approximate surface area is 140 Å². The van der Waals surface area contributed by atoms with E-state index in [4.69, 9.17) is 16.3 Å². The standard InChI is InChI=1S/C13H9ClN2O7S/c1-24(21,22)9-3-5-13(10(14)7-9)23-8-2-4-11(15(17)18)12(6-8)16(19)20/h2-7H,1H3. The molecule has 0 unspecified atom stereocenters. The van der Waals surface area contributed by atoms with E-state index >= 15 is 0 Å². The molecule has 9 nitrogen and oxygen atoms in total. The quantitative estimate of drug-likeness (QED) is 0.580. The summed E-state index contributed by atoms with van der Waals surface area (Å²) in [5.74, 6) is -0.00600. The molecule has 0 amide bonds. The zero-order valence-corrected chi connectivity index (χ0v) is 13.6. The number of sulfone groups is 1. The van der Waals surface area contributed by atoms with Gasteiger partial charge in [-0.25, -0.2) is 8.42 Å². The lowest BCUT2D eigenvalue weighted by Gasteiger charge is -2.08. The number of nitrogens with zero attached hydrogens (tertiary/aromatic N) is 2. The lowest BCUT2D eigenvalue weighted by atomic mass is 10.2. The minimum absolute atomic E-state index is 0.0190. The first-order chi connectivity index (χ1) is 11.1. The van der Waals surface area contributed by atoms with E-state index in [-0.39, 0.29) is 21.4 Å². The monoisotopic (exact) mass is 372 g/mol. The summed E-state index contributed by atoms with van der Waals surface area (Å²) in [6.45, 7) is 0. The molecule has 0 N–H and O–H groups in total. The Bertz CT molecular complexity index is 943. The first-order valence-corrected chi connectivity index (χ1v) is 8.47. The number of nitro groups is 2. The molecular weight excluding hydrogens is 364 g/mol. The lowest BCUT2D eigenvalue weighted by Crippen LogP contribution is -1.98. The Morgan fingerprint density at radius 1 is 1.00 bits per heavy atom. The van der Waals surface area contributed by atoms with Crippen LogP contribution in [0.1, 0.15) is 0 Å². The SMILES string of the molecule is CS(=O)(=O)c1ccc(Oc2ccc([N+](=O)[O-])c([N+](=O)[O-])c2)c(Cl)c1. The topological polar surface area (TPSA) is 130 Å². The van der Waals surface area contributed by atoms with Gasteiger partial charge in [-0.15, -0.1) is 0 Å². The van der Waals surface area contributed by atoms with Gasteiger partial charge in [0.2, 0.25) is 0 Å². The first kappa shape index (κ1) is 17.6. The van der Waals surface area contributed by atoms with Crippen LogP contribution in [0.3, 0.4) is 0 Å². The normalized spacial score (nSPS) is 11.1. The Morgan fingerprint density at radius 2 is 1.62 bits per heavy atom. The van der Waals surface area contributed by atoms with Crippen molar-refractivity contribution in [3.05, 3.63) is 61.6 Å². The summed E-state index contributed by atoms with van der Waals surface area (Å²) in [6, 6.07) is 6.71. The van der Waals surface area contributed by atoms with Gasteiger partial charge < -0.3 is 4.74 Å². The summed E-state index contributed by atoms with van der Waals surface area (Å²) in [5.41, 5.74) is -1.41. The molecule has 0 aliphatic rings. The molecule has 0 saturated carbocycles. The molecule has 11 heteroatoms. The van der Waals surface area contributed by atoms with Crippen molar-refractivity contribution < 1.29 is 23.0 Å². The van der Waals surface area contributed by atoms with Crippen LogP contribution < -0.4 is 4.74 Å². The minimum atomic E-state index is -3.45. The zero-order chi connectivity index (χ0) is 18.1. The van der Waals surface area contributed by atoms with Gasteiger partial charge in [-0.2, -0.15) is 0 Å². The summed E-state index contributed by atoms with van der Waals surface area (Å²) < 4.78 is 28.2. The van der Waals surface area contributed by atoms with Crippen molar-refractivity contribution in [3.63, 3.8) is 0 Å². The van der Waals surface area contributed by atoms with E-state index in [2.05, 4.69) is 0 Å². The van der Waals surface area contributed by atoms with Crippen LogP contribution in [0.4, 0.5) is 11.4 Å². The maximum atomic E-state index is 11.4. The Morgan fingerprint density at radius 3 is 2.12 bits per heavy atom. The molecule has 0 bridgehead atoms. The second-order valence-corrected chi connectivity index (χ2v) is 7.05. The largest absolute Gasteiger partial charge is 0.456 e. The average molecular weight is 373 g/mol. The van der Waals surface area contributed by atoms with Crippen LogP contribution in [0, 0.1) is 20.2 Å². The molecule has 24 heavy (non-hydrogen) atoms. The van der Waals surface area contributed by atoms with E-state index in [0.717, 1.165) is 18.4 Å². The predicted molar refractivity (Wildman–Crippen MR) is 84.4 cm³/mol. The van der Waals surface area contributed by atoms with Crippen LogP contribution >= 0.6 is 11.6 Å². The van der Waals surface area contributed by atoms with Crippen LogP contribution in [0.5, 0.6) is 11.5 Å². The van der Waals surface area contributed by atoms with Crippen molar-refractivity contribution in [2.45, 2.75) is 4.90 Å². The van der Waals surface area contributed by atoms with Crippen molar-refractivity contribution >= 4 is 32.8 Å². The number of rotatable bonds is 5. The van der Waals surface area contributed by atoms with E-state index in [1.165, 1.54) is 24.3 Å². The summed E-state index contributed by atoms with van der Waals surface area (Å²) in [5, 5.41) is 21.6. The maximum Gasteiger partial charge on any atom is 0.349 e. The Hall–Kier alpha value is -2.72. The van der Waals surface area contributed by atoms with Gasteiger partial charge in [0, 0.05) is 12.3 Å². The molecule has 0 fully saturated rings. The Kier molecular flexibility index (Phi) is 4.71. The molecule has 2 aromatic rings. The molecule has 0 radical (unpaired) electrons. The van der Waals surface area contributed by atoms with Gasteiger partial charge in [0.1, 0.15) is 11.5 Å². The van der Waals surface area contributed by atoms with Crippen molar-refractivity contribution in [2.24, 2.45) is 0 Å². The second-order valence-electron chi connectivity index (χ2n) is 4.63. The maximum absolute atomic E-state index is 11.4. The smallest absolute Gasteiger partial charge is 0.349 e. The summed E-state index contributed by atoms with van der Waals surface area (Å²) in [6.07, 6.45) is 1.01. The van der Waals surface area contributed by atoms with Crippen LogP contribution in [0.15, 0.2) is 41.3 Å². The second kappa shape index (κ2) is 6.42. The van der Waals surface area contributed by atoms with Gasteiger partial charge in [-0.05, 0) is 24.3 Å². The van der Waals surface area contributed by atoms with Crippen LogP contribution in [0.2, 0.25) is 5.02 Å². The van der Waals surface area contributed by atoms with Crippen molar-refractivity contribution in [1.29, 1.82) is 0 Å². The van der Waals surface area contributed by atoms with E-state index < -0.39 is 31.1 Å². The third-order valence-electron chi connectivity index (χ3n) is 2.90. The number of hydrogen-bond acceptors (Lipinski definition) is 7. The lowest BCUT2D eigenvalue weighted by molar-refractivity contribution is -0.422. The average Bonchev–Trinajstić information content (AvgIpc) is 2.47. The highest BCUT2D eigenvalue weighted by atomic mass is 35.5. The number of hydrogen-bond donors (Lipinski definition) is 0. The van der Waals surface area contributed by atoms with Gasteiger partial charge in [-0.1, -0.05) is 11.6 Å². The summed E-state index contributed by atoms with van der Waals surface area (Å²) >= 11 is 5.94. The minimum Gasteiger partial charge on any atom is -0.456 e. The number of halogens is 1. The summed E-state index contributed by atoms with van der Waals surface area (Å²) in [4.78, 5) is 19.9. The zero-order valence-electron chi connectivity index (χ0n) is 12.0. The van der Waals surface area contributed by atoms with Gasteiger partial charge in [-0.3, -0.25) is 20.2 Å². The third-order valence-corrected chi connectivity index (χ3v) is 4.31. The van der Waals surface area contributed by atoms with Crippen LogP contribution in [0.25, 0.3) is 0 Å². The number of ether oxygens (including phenoxy) is 1. The van der Waals surface area contributed by atoms with Gasteiger partial charge in [0.25, 0.3) is 0 Å². The van der Waals surface area contributed by atoms with E-state index in [0.29, 0.717) is 0 Å². The summed E-state index contributed by atoms with van der Waals surface area (Å²) in [7, 11) is -3.45. The molecule has 0 spiro atoms. The van der Waals surface area contributed by atoms with Gasteiger partial charge in [0.05, 0.1) is 25.8 Å². The van der Waals surface area contributed by atoms with Crippen molar-refractivity contribution in [1.82, 2.24) is 0 Å². The van der Waals surface area contributed by atoms with Gasteiger partial charge in [0.15, 0.2) is 9.84 Å². The van der Waals surface area contributed by atoms with Crippen molar-refractivity contribution in [3.8, 4) is 11.5 Å². The number of nitro benzene ring substituents is 2. The van der Waals surface area contributed by atoms with Gasteiger partial charge >= 0.3 is 11.4 Å². The fourth-order valence-electron chi connectivity index (χ4n) is 1.79. The molecule has 0 aliphatic carbocycles. The highest BCUT2D eigenvalue weighted by Gasteiger charge is 2.25. The molecule has 2 aromatic carbocycles.